The maximum Gasteiger partial charge on any atom is 0.164 e. The normalized spacial score (nSPS) is 11.2. The Balaban J connectivity index is 0.935. The SMILES string of the molecule is N#Cc1cccc(-c2ccccc2-c2nc(-c3ccc(-c4ccccc4C#N)c(-n4c5ccc(-c6ccccc6)cc5c5cc(-c6ccccc6)ccc54)c3)nc(-c3ccc(-c4ccccc4C#N)c(-n4c5ccc(-c6ccccc6)cc5c5cc(-c6ccccc6)ccc54)c3)n2)c1. The summed E-state index contributed by atoms with van der Waals surface area (Å²) >= 11 is 0. The van der Waals surface area contributed by atoms with Crippen LogP contribution in [0.2, 0.25) is 0 Å². The molecule has 0 aliphatic heterocycles. The van der Waals surface area contributed by atoms with Crippen molar-refractivity contribution in [1.29, 1.82) is 15.8 Å². The minimum absolute atomic E-state index is 0.407. The van der Waals surface area contributed by atoms with E-state index in [9.17, 15) is 15.8 Å². The summed E-state index contributed by atoms with van der Waals surface area (Å²) in [6.07, 6.45) is 0. The predicted molar refractivity (Wildman–Crippen MR) is 397 cm³/mol. The van der Waals surface area contributed by atoms with Crippen molar-refractivity contribution < 1.29 is 0 Å². The Morgan fingerprint density at radius 3 is 0.918 bits per heavy atom. The van der Waals surface area contributed by atoms with Crippen molar-refractivity contribution in [3.8, 4) is 142 Å². The molecule has 8 heteroatoms. The molecule has 3 aromatic heterocycles. The summed E-state index contributed by atoms with van der Waals surface area (Å²) in [5, 5.41) is 36.2. The van der Waals surface area contributed by atoms with Gasteiger partial charge in [-0.3, -0.25) is 0 Å². The van der Waals surface area contributed by atoms with Crippen molar-refractivity contribution in [1.82, 2.24) is 24.1 Å². The molecule has 14 aromatic carbocycles. The molecule has 0 amide bonds. The third kappa shape index (κ3) is 10.3. The molecule has 454 valence electrons. The fraction of sp³-hybridized carbons (Fsp3) is 0. The number of aromatic nitrogens is 5. The van der Waals surface area contributed by atoms with E-state index in [0.29, 0.717) is 45.3 Å². The summed E-state index contributed by atoms with van der Waals surface area (Å²) in [7, 11) is 0. The fourth-order valence-corrected chi connectivity index (χ4v) is 14.0. The van der Waals surface area contributed by atoms with Crippen molar-refractivity contribution in [2.24, 2.45) is 0 Å². The molecular weight excluding hydrogens is 1190 g/mol. The van der Waals surface area contributed by atoms with Crippen molar-refractivity contribution in [3.05, 3.63) is 344 Å². The summed E-state index contributed by atoms with van der Waals surface area (Å²) in [6.45, 7) is 0. The molecule has 17 rings (SSSR count). The van der Waals surface area contributed by atoms with Crippen LogP contribution in [0.4, 0.5) is 0 Å². The highest BCUT2D eigenvalue weighted by molar-refractivity contribution is 6.14. The van der Waals surface area contributed by atoms with Crippen LogP contribution < -0.4 is 0 Å². The minimum Gasteiger partial charge on any atom is -0.309 e. The molecule has 0 aliphatic rings. The number of hydrogen-bond donors (Lipinski definition) is 0. The van der Waals surface area contributed by atoms with E-state index in [4.69, 9.17) is 15.0 Å². The smallest absolute Gasteiger partial charge is 0.164 e. The Hall–Kier alpha value is -13.8. The number of benzene rings is 14. The third-order valence-corrected chi connectivity index (χ3v) is 18.7. The maximum atomic E-state index is 10.9. The van der Waals surface area contributed by atoms with Gasteiger partial charge in [-0.25, -0.2) is 15.0 Å². The summed E-state index contributed by atoms with van der Waals surface area (Å²) < 4.78 is 4.65. The van der Waals surface area contributed by atoms with E-state index in [-0.39, 0.29) is 0 Å². The Bertz CT molecular complexity index is 5630. The lowest BCUT2D eigenvalue weighted by atomic mass is 9.96. The van der Waals surface area contributed by atoms with Gasteiger partial charge in [0.15, 0.2) is 17.5 Å². The molecule has 0 unspecified atom stereocenters. The molecular formula is C90H54N8. The van der Waals surface area contributed by atoms with Gasteiger partial charge in [-0.15, -0.1) is 0 Å². The summed E-state index contributed by atoms with van der Waals surface area (Å²) in [4.78, 5) is 16.6. The van der Waals surface area contributed by atoms with Crippen LogP contribution >= 0.6 is 0 Å². The highest BCUT2D eigenvalue weighted by Crippen LogP contribution is 2.45. The Morgan fingerprint density at radius 1 is 0.214 bits per heavy atom. The first-order valence-corrected chi connectivity index (χ1v) is 32.5. The average Bonchev–Trinajstić information content (AvgIpc) is 1.57. The van der Waals surface area contributed by atoms with E-state index in [1.165, 1.54) is 0 Å². The third-order valence-electron chi connectivity index (χ3n) is 18.7. The largest absolute Gasteiger partial charge is 0.309 e. The van der Waals surface area contributed by atoms with Crippen LogP contribution in [-0.4, -0.2) is 24.1 Å². The van der Waals surface area contributed by atoms with Gasteiger partial charge in [0.2, 0.25) is 0 Å². The minimum atomic E-state index is 0.407. The topological polar surface area (TPSA) is 120 Å². The molecule has 0 saturated carbocycles. The average molecular weight is 1250 g/mol. The van der Waals surface area contributed by atoms with E-state index in [1.54, 1.807) is 6.07 Å². The standard InChI is InChI=1S/C90H54N8/c91-55-58-20-19-31-67(48-58)72-32-17-18-35-77(72)90-95-88(68-36-42-75(73-33-15-13-29-70(73)56-92)86(53-68)97-82-44-38-63(59-21-5-1-6-22-59)49-78(82)79-50-64(39-45-83(79)97)60-23-7-2-8-24-60)94-89(96-90)69-37-43-76(74-34-16-14-30-71(74)57-93)87(54-69)98-84-46-40-65(61-25-9-3-10-26-61)51-80(84)81-52-66(41-47-85(81)98)62-27-11-4-12-28-62/h1-54H. The monoisotopic (exact) mass is 1250 g/mol. The van der Waals surface area contributed by atoms with Gasteiger partial charge in [0.1, 0.15) is 0 Å². The van der Waals surface area contributed by atoms with Crippen LogP contribution in [0.3, 0.4) is 0 Å². The second-order valence-corrected chi connectivity index (χ2v) is 24.4. The molecule has 0 atom stereocenters. The molecule has 8 nitrogen and oxygen atoms in total. The molecule has 0 spiro atoms. The van der Waals surface area contributed by atoms with E-state index in [1.807, 2.05) is 127 Å². The number of nitrogens with zero attached hydrogens (tertiary/aromatic N) is 8. The number of fused-ring (bicyclic) bond motifs is 6. The number of hydrogen-bond acceptors (Lipinski definition) is 6. The van der Waals surface area contributed by atoms with Gasteiger partial charge in [-0.1, -0.05) is 243 Å². The fourth-order valence-electron chi connectivity index (χ4n) is 14.0. The molecule has 0 bridgehead atoms. The molecule has 0 saturated heterocycles. The first-order valence-electron chi connectivity index (χ1n) is 32.5. The second kappa shape index (κ2) is 24.6. The van der Waals surface area contributed by atoms with Crippen LogP contribution in [0.15, 0.2) is 328 Å². The zero-order chi connectivity index (χ0) is 65.6. The van der Waals surface area contributed by atoms with Crippen molar-refractivity contribution in [2.45, 2.75) is 0 Å². The van der Waals surface area contributed by atoms with Gasteiger partial charge in [0.25, 0.3) is 0 Å². The Labute approximate surface area is 566 Å². The molecule has 17 aromatic rings. The molecule has 0 N–H and O–H groups in total. The number of nitriles is 3. The maximum absolute atomic E-state index is 10.9. The van der Waals surface area contributed by atoms with Crippen LogP contribution in [0, 0.1) is 34.0 Å². The first-order chi connectivity index (χ1) is 48.4. The Kier molecular flexibility index (Phi) is 14.5. The zero-order valence-corrected chi connectivity index (χ0v) is 52.8. The van der Waals surface area contributed by atoms with E-state index < -0.39 is 0 Å². The van der Waals surface area contributed by atoms with Gasteiger partial charge in [0.05, 0.1) is 68.3 Å². The summed E-state index contributed by atoms with van der Waals surface area (Å²) in [5.41, 5.74) is 23.0. The predicted octanol–water partition coefficient (Wildman–Crippen LogP) is 22.4. The van der Waals surface area contributed by atoms with Gasteiger partial charge < -0.3 is 9.13 Å². The lowest BCUT2D eigenvalue weighted by Crippen LogP contribution is -2.04. The second-order valence-electron chi connectivity index (χ2n) is 24.4. The first kappa shape index (κ1) is 58.0. The molecule has 0 fully saturated rings. The van der Waals surface area contributed by atoms with Crippen molar-refractivity contribution >= 4 is 43.6 Å². The van der Waals surface area contributed by atoms with Crippen molar-refractivity contribution in [3.63, 3.8) is 0 Å². The molecule has 3 heterocycles. The quantitative estimate of drug-likeness (QED) is 0.120. The van der Waals surface area contributed by atoms with E-state index in [2.05, 4.69) is 221 Å². The molecule has 98 heavy (non-hydrogen) atoms. The highest BCUT2D eigenvalue weighted by atomic mass is 15.0. The number of rotatable bonds is 12. The van der Waals surface area contributed by atoms with Crippen LogP contribution in [-0.2, 0) is 0 Å². The van der Waals surface area contributed by atoms with E-state index in [0.717, 1.165) is 138 Å². The van der Waals surface area contributed by atoms with Gasteiger partial charge in [0, 0.05) is 60.5 Å². The van der Waals surface area contributed by atoms with Crippen LogP contribution in [0.1, 0.15) is 16.7 Å². The highest BCUT2D eigenvalue weighted by Gasteiger charge is 2.25. The zero-order valence-electron chi connectivity index (χ0n) is 52.8. The van der Waals surface area contributed by atoms with Gasteiger partial charge in [-0.2, -0.15) is 15.8 Å². The van der Waals surface area contributed by atoms with E-state index >= 15 is 0 Å². The summed E-state index contributed by atoms with van der Waals surface area (Å²) in [5.74, 6) is 1.23. The Morgan fingerprint density at radius 2 is 0.541 bits per heavy atom. The molecule has 0 radical (unpaired) electrons. The van der Waals surface area contributed by atoms with Gasteiger partial charge >= 0.3 is 0 Å². The van der Waals surface area contributed by atoms with Crippen molar-refractivity contribution in [2.75, 3.05) is 0 Å². The van der Waals surface area contributed by atoms with Crippen LogP contribution in [0.25, 0.3) is 167 Å². The van der Waals surface area contributed by atoms with Gasteiger partial charge in [-0.05, 0) is 141 Å². The summed E-state index contributed by atoms with van der Waals surface area (Å²) in [6, 6.07) is 120. The lowest BCUT2D eigenvalue weighted by molar-refractivity contribution is 1.07. The van der Waals surface area contributed by atoms with Crippen LogP contribution in [0.5, 0.6) is 0 Å². The molecule has 0 aliphatic carbocycles. The lowest BCUT2D eigenvalue weighted by Gasteiger charge is -2.18.